The number of para-hydroxylation sites is 1. The molecule has 0 atom stereocenters. The molecule has 1 N–H and O–H groups in total. The van der Waals surface area contributed by atoms with Crippen LogP contribution in [0.15, 0.2) is 42.5 Å². The summed E-state index contributed by atoms with van der Waals surface area (Å²) in [6.45, 7) is 9.05. The zero-order chi connectivity index (χ0) is 19.0. The maximum absolute atomic E-state index is 13.3. The highest BCUT2D eigenvalue weighted by molar-refractivity contribution is 6.13. The lowest BCUT2D eigenvalue weighted by Crippen LogP contribution is -2.33. The average Bonchev–Trinajstić information content (AvgIpc) is 2.68. The van der Waals surface area contributed by atoms with Crippen LogP contribution in [0.3, 0.4) is 0 Å². The molecule has 4 nitrogen and oxygen atoms in total. The van der Waals surface area contributed by atoms with Crippen molar-refractivity contribution in [2.45, 2.75) is 33.7 Å². The Labute approximate surface area is 160 Å². The molecule has 1 aromatic heterocycles. The molecule has 1 aliphatic heterocycles. The van der Waals surface area contributed by atoms with Gasteiger partial charge in [-0.05, 0) is 49.7 Å². The van der Waals surface area contributed by atoms with E-state index in [1.165, 1.54) is 11.1 Å². The van der Waals surface area contributed by atoms with Gasteiger partial charge in [-0.15, -0.1) is 0 Å². The Morgan fingerprint density at radius 3 is 2.74 bits per heavy atom. The molecule has 0 radical (unpaired) electrons. The Bertz CT molecular complexity index is 1030. The summed E-state index contributed by atoms with van der Waals surface area (Å²) in [6.07, 6.45) is 0.887. The first-order chi connectivity index (χ1) is 13.1. The third kappa shape index (κ3) is 3.33. The maximum atomic E-state index is 13.3. The molecule has 3 aromatic rings. The third-order valence-corrected chi connectivity index (χ3v) is 5.56. The molecule has 138 valence electrons. The summed E-state index contributed by atoms with van der Waals surface area (Å²) in [5.41, 5.74) is 7.02. The first-order valence-electron chi connectivity index (χ1n) is 9.58. The number of benzene rings is 2. The molecule has 4 rings (SSSR count). The van der Waals surface area contributed by atoms with Gasteiger partial charge in [0.25, 0.3) is 5.91 Å². The van der Waals surface area contributed by atoms with Crippen LogP contribution in [-0.4, -0.2) is 28.9 Å². The Balaban J connectivity index is 1.81. The standard InChI is InChI=1S/C23H25N3O/c1-4-26-12-11-21-19(14-26)22(18-7-5-6-8-20(18)25-21)23(27)24-17-10-9-15(2)16(3)13-17/h5-10,13H,4,11-12,14H2,1-3H3,(H,24,27). The first-order valence-corrected chi connectivity index (χ1v) is 9.58. The fourth-order valence-corrected chi connectivity index (χ4v) is 3.79. The minimum atomic E-state index is -0.0499. The number of aromatic nitrogens is 1. The summed E-state index contributed by atoms with van der Waals surface area (Å²) in [5.74, 6) is -0.0499. The molecule has 2 aromatic carbocycles. The first kappa shape index (κ1) is 17.7. The van der Waals surface area contributed by atoms with Gasteiger partial charge in [0.05, 0.1) is 11.1 Å². The van der Waals surface area contributed by atoms with Gasteiger partial charge in [-0.3, -0.25) is 14.7 Å². The van der Waals surface area contributed by atoms with E-state index >= 15 is 0 Å². The summed E-state index contributed by atoms with van der Waals surface area (Å²) in [5, 5.41) is 4.04. The number of carbonyl (C=O) groups excluding carboxylic acids is 1. The van der Waals surface area contributed by atoms with Gasteiger partial charge >= 0.3 is 0 Å². The fourth-order valence-electron chi connectivity index (χ4n) is 3.79. The molecule has 2 heterocycles. The van der Waals surface area contributed by atoms with Crippen LogP contribution in [0.2, 0.25) is 0 Å². The topological polar surface area (TPSA) is 45.2 Å². The third-order valence-electron chi connectivity index (χ3n) is 5.56. The summed E-state index contributed by atoms with van der Waals surface area (Å²) < 4.78 is 0. The lowest BCUT2D eigenvalue weighted by Gasteiger charge is -2.29. The van der Waals surface area contributed by atoms with E-state index in [-0.39, 0.29) is 5.91 Å². The molecule has 0 aliphatic carbocycles. The molecular formula is C23H25N3O. The van der Waals surface area contributed by atoms with Crippen molar-refractivity contribution in [2.75, 3.05) is 18.4 Å². The Hall–Kier alpha value is -2.72. The van der Waals surface area contributed by atoms with Gasteiger partial charge in [0.15, 0.2) is 0 Å². The van der Waals surface area contributed by atoms with Gasteiger partial charge in [-0.1, -0.05) is 31.2 Å². The van der Waals surface area contributed by atoms with E-state index in [0.29, 0.717) is 0 Å². The van der Waals surface area contributed by atoms with E-state index in [0.717, 1.165) is 59.5 Å². The number of amides is 1. The number of likely N-dealkylation sites (N-methyl/N-ethyl adjacent to an activating group) is 1. The van der Waals surface area contributed by atoms with Crippen LogP contribution in [0.25, 0.3) is 10.9 Å². The number of hydrogen-bond acceptors (Lipinski definition) is 3. The Kier molecular flexibility index (Phi) is 4.66. The molecule has 27 heavy (non-hydrogen) atoms. The van der Waals surface area contributed by atoms with Gasteiger partial charge in [0.2, 0.25) is 0 Å². The van der Waals surface area contributed by atoms with Gasteiger partial charge in [0, 0.05) is 41.8 Å². The van der Waals surface area contributed by atoms with Crippen molar-refractivity contribution < 1.29 is 4.79 Å². The average molecular weight is 359 g/mol. The zero-order valence-electron chi connectivity index (χ0n) is 16.2. The fraction of sp³-hybridized carbons (Fsp3) is 0.304. The highest BCUT2D eigenvalue weighted by atomic mass is 16.1. The van der Waals surface area contributed by atoms with Crippen LogP contribution in [0.1, 0.15) is 39.7 Å². The second-order valence-corrected chi connectivity index (χ2v) is 7.30. The highest BCUT2D eigenvalue weighted by Gasteiger charge is 2.25. The van der Waals surface area contributed by atoms with Gasteiger partial charge < -0.3 is 5.32 Å². The molecule has 0 spiro atoms. The number of aryl methyl sites for hydroxylation is 2. The van der Waals surface area contributed by atoms with E-state index < -0.39 is 0 Å². The minimum Gasteiger partial charge on any atom is -0.322 e. The van der Waals surface area contributed by atoms with E-state index in [1.54, 1.807) is 0 Å². The molecule has 1 aliphatic rings. The molecule has 0 saturated heterocycles. The van der Waals surface area contributed by atoms with Crippen molar-refractivity contribution in [3.8, 4) is 0 Å². The molecule has 0 unspecified atom stereocenters. The van der Waals surface area contributed by atoms with E-state index in [9.17, 15) is 4.79 Å². The number of pyridine rings is 1. The van der Waals surface area contributed by atoms with Crippen molar-refractivity contribution in [1.82, 2.24) is 9.88 Å². The number of nitrogens with zero attached hydrogens (tertiary/aromatic N) is 2. The number of carbonyl (C=O) groups is 1. The van der Waals surface area contributed by atoms with Crippen LogP contribution in [-0.2, 0) is 13.0 Å². The Morgan fingerprint density at radius 1 is 1.15 bits per heavy atom. The van der Waals surface area contributed by atoms with E-state index in [2.05, 4.69) is 31.0 Å². The zero-order valence-corrected chi connectivity index (χ0v) is 16.2. The van der Waals surface area contributed by atoms with Gasteiger partial charge in [0.1, 0.15) is 0 Å². The molecule has 4 heteroatoms. The van der Waals surface area contributed by atoms with Gasteiger partial charge in [-0.25, -0.2) is 0 Å². The molecule has 1 amide bonds. The van der Waals surface area contributed by atoms with E-state index in [4.69, 9.17) is 4.98 Å². The summed E-state index contributed by atoms with van der Waals surface area (Å²) in [7, 11) is 0. The highest BCUT2D eigenvalue weighted by Crippen LogP contribution is 2.29. The number of hydrogen-bond donors (Lipinski definition) is 1. The van der Waals surface area contributed by atoms with Crippen molar-refractivity contribution in [2.24, 2.45) is 0 Å². The SMILES string of the molecule is CCN1CCc2nc3ccccc3c(C(=O)Nc3ccc(C)c(C)c3)c2C1. The van der Waals surface area contributed by atoms with Crippen LogP contribution in [0, 0.1) is 13.8 Å². The Morgan fingerprint density at radius 2 is 1.96 bits per heavy atom. The van der Waals surface area contributed by atoms with Crippen LogP contribution < -0.4 is 5.32 Å². The maximum Gasteiger partial charge on any atom is 0.256 e. The van der Waals surface area contributed by atoms with Crippen molar-refractivity contribution in [3.05, 3.63) is 70.4 Å². The quantitative estimate of drug-likeness (QED) is 0.750. The van der Waals surface area contributed by atoms with Crippen molar-refractivity contribution in [3.63, 3.8) is 0 Å². The predicted octanol–water partition coefficient (Wildman–Crippen LogP) is 4.48. The van der Waals surface area contributed by atoms with Crippen LogP contribution in [0.4, 0.5) is 5.69 Å². The number of rotatable bonds is 3. The molecule has 0 bridgehead atoms. The van der Waals surface area contributed by atoms with Gasteiger partial charge in [-0.2, -0.15) is 0 Å². The minimum absolute atomic E-state index is 0.0499. The predicted molar refractivity (Wildman–Crippen MR) is 110 cm³/mol. The second-order valence-electron chi connectivity index (χ2n) is 7.30. The number of anilines is 1. The second kappa shape index (κ2) is 7.12. The van der Waals surface area contributed by atoms with Crippen LogP contribution >= 0.6 is 0 Å². The van der Waals surface area contributed by atoms with Crippen LogP contribution in [0.5, 0.6) is 0 Å². The van der Waals surface area contributed by atoms with Crippen molar-refractivity contribution >= 4 is 22.5 Å². The monoisotopic (exact) mass is 359 g/mol. The lowest BCUT2D eigenvalue weighted by atomic mass is 9.95. The molecule has 0 saturated carbocycles. The molecular weight excluding hydrogens is 334 g/mol. The lowest BCUT2D eigenvalue weighted by molar-refractivity contribution is 0.102. The number of nitrogens with one attached hydrogen (secondary N) is 1. The summed E-state index contributed by atoms with van der Waals surface area (Å²) in [4.78, 5) is 20.6. The summed E-state index contributed by atoms with van der Waals surface area (Å²) >= 11 is 0. The largest absolute Gasteiger partial charge is 0.322 e. The normalized spacial score (nSPS) is 14.2. The number of fused-ring (bicyclic) bond motifs is 2. The molecule has 0 fully saturated rings. The van der Waals surface area contributed by atoms with Crippen molar-refractivity contribution in [1.29, 1.82) is 0 Å². The smallest absolute Gasteiger partial charge is 0.256 e. The van der Waals surface area contributed by atoms with E-state index in [1.807, 2.05) is 42.5 Å². The summed E-state index contributed by atoms with van der Waals surface area (Å²) in [6, 6.07) is 14.0.